The minimum Gasteiger partial charge on any atom is -0.479 e. The second-order valence-corrected chi connectivity index (χ2v) is 3.99. The van der Waals surface area contributed by atoms with Gasteiger partial charge in [0.15, 0.2) is 6.10 Å². The first-order chi connectivity index (χ1) is 7.13. The minimum absolute atomic E-state index is 0.0460. The van der Waals surface area contributed by atoms with Gasteiger partial charge in [-0.3, -0.25) is 4.79 Å². The summed E-state index contributed by atoms with van der Waals surface area (Å²) in [5.74, 6) is -0.633. The Morgan fingerprint density at radius 3 is 2.60 bits per heavy atom. The van der Waals surface area contributed by atoms with E-state index in [1.54, 1.807) is 0 Å². The van der Waals surface area contributed by atoms with Gasteiger partial charge in [-0.15, -0.1) is 0 Å². The van der Waals surface area contributed by atoms with Crippen molar-refractivity contribution < 1.29 is 19.4 Å². The molecule has 1 rings (SSSR count). The van der Waals surface area contributed by atoms with Crippen LogP contribution in [0.3, 0.4) is 0 Å². The normalized spacial score (nSPS) is 20.2. The summed E-state index contributed by atoms with van der Waals surface area (Å²) >= 11 is 0. The molecule has 0 aromatic rings. The molecule has 15 heavy (non-hydrogen) atoms. The lowest BCUT2D eigenvalue weighted by Gasteiger charge is -2.24. The van der Waals surface area contributed by atoms with Crippen LogP contribution in [0.5, 0.6) is 0 Å². The number of Topliss-reactive ketones (excluding diaryl/α,β-unsaturated/α-hetero) is 1. The van der Waals surface area contributed by atoms with Gasteiger partial charge in [-0.1, -0.05) is 13.3 Å². The molecule has 0 aromatic carbocycles. The van der Waals surface area contributed by atoms with Crippen molar-refractivity contribution in [2.24, 2.45) is 0 Å². The van der Waals surface area contributed by atoms with E-state index in [2.05, 4.69) is 0 Å². The van der Waals surface area contributed by atoms with Gasteiger partial charge in [-0.25, -0.2) is 4.79 Å². The van der Waals surface area contributed by atoms with Crippen LogP contribution >= 0.6 is 0 Å². The molecule has 0 amide bonds. The highest BCUT2D eigenvalue weighted by atomic mass is 16.5. The molecular formula is C11H18O4. The Morgan fingerprint density at radius 1 is 1.53 bits per heavy atom. The lowest BCUT2D eigenvalue weighted by Crippen LogP contribution is -2.31. The van der Waals surface area contributed by atoms with Gasteiger partial charge in [0.25, 0.3) is 0 Å². The van der Waals surface area contributed by atoms with Gasteiger partial charge < -0.3 is 9.84 Å². The largest absolute Gasteiger partial charge is 0.479 e. The number of carboxylic acid groups (broad SMARTS) is 1. The molecule has 4 heteroatoms. The molecule has 1 N–H and O–H groups in total. The van der Waals surface area contributed by atoms with Crippen molar-refractivity contribution in [2.75, 3.05) is 0 Å². The van der Waals surface area contributed by atoms with Crippen molar-refractivity contribution in [1.82, 2.24) is 0 Å². The predicted molar refractivity (Wildman–Crippen MR) is 54.7 cm³/mol. The van der Waals surface area contributed by atoms with Crippen LogP contribution in [0.2, 0.25) is 0 Å². The average Bonchev–Trinajstić information content (AvgIpc) is 2.20. The Balaban J connectivity index is 2.37. The second kappa shape index (κ2) is 5.85. The first-order valence-corrected chi connectivity index (χ1v) is 5.53. The summed E-state index contributed by atoms with van der Waals surface area (Å²) in [5.41, 5.74) is 0. The summed E-state index contributed by atoms with van der Waals surface area (Å²) in [7, 11) is 0. The summed E-state index contributed by atoms with van der Waals surface area (Å²) in [6.45, 7) is 1.93. The molecule has 0 radical (unpaired) electrons. The van der Waals surface area contributed by atoms with E-state index in [9.17, 15) is 9.59 Å². The number of ketones is 1. The number of carboxylic acids is 1. The molecule has 4 nitrogen and oxygen atoms in total. The van der Waals surface area contributed by atoms with E-state index in [1.807, 2.05) is 6.92 Å². The number of carbonyl (C=O) groups is 2. The smallest absolute Gasteiger partial charge is 0.332 e. The Bertz CT molecular complexity index is 227. The van der Waals surface area contributed by atoms with Gasteiger partial charge in [-0.2, -0.15) is 0 Å². The predicted octanol–water partition coefficient (Wildman–Crippen LogP) is 1.77. The van der Waals surface area contributed by atoms with E-state index in [-0.39, 0.29) is 11.9 Å². The Morgan fingerprint density at radius 2 is 2.13 bits per heavy atom. The monoisotopic (exact) mass is 214 g/mol. The Labute approximate surface area is 89.6 Å². The number of aliphatic carboxylic acids is 1. The summed E-state index contributed by atoms with van der Waals surface area (Å²) in [4.78, 5) is 21.8. The summed E-state index contributed by atoms with van der Waals surface area (Å²) in [5, 5.41) is 8.90. The minimum atomic E-state index is -0.895. The van der Waals surface area contributed by atoms with Crippen LogP contribution in [0.1, 0.15) is 45.4 Å². The first kappa shape index (κ1) is 12.2. The number of hydrogen-bond acceptors (Lipinski definition) is 3. The van der Waals surface area contributed by atoms with Crippen LogP contribution in [-0.4, -0.2) is 29.1 Å². The molecule has 0 aromatic heterocycles. The second-order valence-electron chi connectivity index (χ2n) is 3.99. The molecule has 1 aliphatic carbocycles. The number of hydrogen-bond donors (Lipinski definition) is 1. The fourth-order valence-electron chi connectivity index (χ4n) is 1.79. The van der Waals surface area contributed by atoms with E-state index < -0.39 is 12.1 Å². The number of rotatable bonds is 5. The molecule has 1 aliphatic rings. The number of ether oxygens (including phenoxy) is 1. The molecule has 1 unspecified atom stereocenters. The molecule has 0 spiro atoms. The molecular weight excluding hydrogens is 196 g/mol. The maximum atomic E-state index is 11.0. The third kappa shape index (κ3) is 4.00. The zero-order chi connectivity index (χ0) is 11.3. The third-order valence-electron chi connectivity index (χ3n) is 2.67. The van der Waals surface area contributed by atoms with Crippen molar-refractivity contribution in [1.29, 1.82) is 0 Å². The van der Waals surface area contributed by atoms with E-state index >= 15 is 0 Å². The third-order valence-corrected chi connectivity index (χ3v) is 2.67. The maximum Gasteiger partial charge on any atom is 0.332 e. The van der Waals surface area contributed by atoms with Crippen molar-refractivity contribution in [2.45, 2.75) is 57.7 Å². The standard InChI is InChI=1S/C11H18O4/c1-2-3-10(11(13)14)15-9-6-4-8(12)5-7-9/h9-10H,2-7H2,1H3,(H,13,14). The molecule has 1 atom stereocenters. The van der Waals surface area contributed by atoms with Crippen molar-refractivity contribution >= 4 is 11.8 Å². The maximum absolute atomic E-state index is 11.0. The fraction of sp³-hybridized carbons (Fsp3) is 0.818. The Hall–Kier alpha value is -0.900. The molecule has 0 heterocycles. The van der Waals surface area contributed by atoms with Crippen molar-refractivity contribution in [3.05, 3.63) is 0 Å². The lowest BCUT2D eigenvalue weighted by atomic mass is 9.96. The summed E-state index contributed by atoms with van der Waals surface area (Å²) in [6, 6.07) is 0. The molecule has 0 bridgehead atoms. The first-order valence-electron chi connectivity index (χ1n) is 5.53. The topological polar surface area (TPSA) is 63.6 Å². The van der Waals surface area contributed by atoms with Gasteiger partial charge >= 0.3 is 5.97 Å². The highest BCUT2D eigenvalue weighted by molar-refractivity contribution is 5.79. The fourth-order valence-corrected chi connectivity index (χ4v) is 1.79. The zero-order valence-corrected chi connectivity index (χ0v) is 9.07. The van der Waals surface area contributed by atoms with E-state index in [0.717, 1.165) is 6.42 Å². The Kier molecular flexibility index (Phi) is 4.75. The quantitative estimate of drug-likeness (QED) is 0.757. The molecule has 1 fully saturated rings. The van der Waals surface area contributed by atoms with E-state index in [1.165, 1.54) is 0 Å². The SMILES string of the molecule is CCCC(OC1CCC(=O)CC1)C(=O)O. The summed E-state index contributed by atoms with van der Waals surface area (Å²) < 4.78 is 5.49. The van der Waals surface area contributed by atoms with Crippen LogP contribution in [0, 0.1) is 0 Å². The zero-order valence-electron chi connectivity index (χ0n) is 9.07. The van der Waals surface area contributed by atoms with Gasteiger partial charge in [0.05, 0.1) is 6.10 Å². The number of carbonyl (C=O) groups excluding carboxylic acids is 1. The molecule has 0 aliphatic heterocycles. The summed E-state index contributed by atoms with van der Waals surface area (Å²) in [6.07, 6.45) is 3.00. The lowest BCUT2D eigenvalue weighted by molar-refractivity contribution is -0.156. The van der Waals surface area contributed by atoms with Crippen LogP contribution in [0.15, 0.2) is 0 Å². The van der Waals surface area contributed by atoms with Gasteiger partial charge in [0.2, 0.25) is 0 Å². The highest BCUT2D eigenvalue weighted by Crippen LogP contribution is 2.20. The van der Waals surface area contributed by atoms with Gasteiger partial charge in [0, 0.05) is 12.8 Å². The van der Waals surface area contributed by atoms with Crippen LogP contribution < -0.4 is 0 Å². The van der Waals surface area contributed by atoms with Crippen molar-refractivity contribution in [3.8, 4) is 0 Å². The van der Waals surface area contributed by atoms with Gasteiger partial charge in [0.1, 0.15) is 5.78 Å². The average molecular weight is 214 g/mol. The van der Waals surface area contributed by atoms with Gasteiger partial charge in [-0.05, 0) is 19.3 Å². The highest BCUT2D eigenvalue weighted by Gasteiger charge is 2.25. The molecule has 86 valence electrons. The van der Waals surface area contributed by atoms with Crippen LogP contribution in [0.25, 0.3) is 0 Å². The van der Waals surface area contributed by atoms with E-state index in [4.69, 9.17) is 9.84 Å². The van der Waals surface area contributed by atoms with Crippen LogP contribution in [-0.2, 0) is 14.3 Å². The molecule has 1 saturated carbocycles. The van der Waals surface area contributed by atoms with E-state index in [0.29, 0.717) is 32.1 Å². The molecule has 0 saturated heterocycles. The van der Waals surface area contributed by atoms with Crippen LogP contribution in [0.4, 0.5) is 0 Å². The van der Waals surface area contributed by atoms with Crippen molar-refractivity contribution in [3.63, 3.8) is 0 Å².